The average Bonchev–Trinajstić information content (AvgIpc) is 2.37. The minimum Gasteiger partial charge on any atom is -0.373 e. The fourth-order valence-electron chi connectivity index (χ4n) is 1.65. The van der Waals surface area contributed by atoms with Crippen molar-refractivity contribution in [2.24, 2.45) is 0 Å². The van der Waals surface area contributed by atoms with E-state index < -0.39 is 0 Å². The first-order valence-corrected chi connectivity index (χ1v) is 6.98. The molecule has 4 heteroatoms. The number of rotatable bonds is 9. The maximum Gasteiger partial charge on any atom is 0.156 e. The van der Waals surface area contributed by atoms with Crippen molar-refractivity contribution in [1.29, 1.82) is 0 Å². The van der Waals surface area contributed by atoms with Crippen molar-refractivity contribution in [1.82, 2.24) is 9.97 Å². The Balaban J connectivity index is 2.70. The van der Waals surface area contributed by atoms with E-state index >= 15 is 0 Å². The van der Waals surface area contributed by atoms with Crippen LogP contribution in [0.4, 0.5) is 5.82 Å². The SMILES string of the molecule is CCCNc1cc(CCC)nc(COCCC)n1. The lowest BCUT2D eigenvalue weighted by atomic mass is 10.2. The Hall–Kier alpha value is -1.16. The molecule has 18 heavy (non-hydrogen) atoms. The van der Waals surface area contributed by atoms with Crippen LogP contribution < -0.4 is 5.32 Å². The lowest BCUT2D eigenvalue weighted by Gasteiger charge is -2.09. The van der Waals surface area contributed by atoms with E-state index in [2.05, 4.69) is 36.1 Å². The molecule has 0 aliphatic carbocycles. The summed E-state index contributed by atoms with van der Waals surface area (Å²) >= 11 is 0. The smallest absolute Gasteiger partial charge is 0.156 e. The molecule has 0 radical (unpaired) electrons. The Bertz CT molecular complexity index is 342. The van der Waals surface area contributed by atoms with E-state index in [0.29, 0.717) is 6.61 Å². The zero-order valence-corrected chi connectivity index (χ0v) is 11.8. The van der Waals surface area contributed by atoms with Gasteiger partial charge in [0.15, 0.2) is 5.82 Å². The molecule has 0 saturated heterocycles. The lowest BCUT2D eigenvalue weighted by Crippen LogP contribution is -2.08. The third-order valence-corrected chi connectivity index (χ3v) is 2.47. The molecule has 1 rings (SSSR count). The zero-order chi connectivity index (χ0) is 13.2. The minimum absolute atomic E-state index is 0.506. The van der Waals surface area contributed by atoms with Gasteiger partial charge in [0.25, 0.3) is 0 Å². The van der Waals surface area contributed by atoms with Crippen molar-refractivity contribution in [3.63, 3.8) is 0 Å². The second-order valence-corrected chi connectivity index (χ2v) is 4.39. The monoisotopic (exact) mass is 251 g/mol. The molecule has 0 aliphatic rings. The Morgan fingerprint density at radius 1 is 1.11 bits per heavy atom. The number of ether oxygens (including phenoxy) is 1. The van der Waals surface area contributed by atoms with Crippen LogP contribution in [0.2, 0.25) is 0 Å². The molecule has 1 aromatic heterocycles. The highest BCUT2D eigenvalue weighted by molar-refractivity contribution is 5.36. The van der Waals surface area contributed by atoms with Gasteiger partial charge in [-0.15, -0.1) is 0 Å². The first kappa shape index (κ1) is 14.9. The summed E-state index contributed by atoms with van der Waals surface area (Å²) in [5.74, 6) is 1.71. The van der Waals surface area contributed by atoms with Crippen molar-refractivity contribution in [2.75, 3.05) is 18.5 Å². The molecule has 0 spiro atoms. The van der Waals surface area contributed by atoms with Crippen LogP contribution in [0.5, 0.6) is 0 Å². The van der Waals surface area contributed by atoms with E-state index in [1.165, 1.54) is 0 Å². The van der Waals surface area contributed by atoms with Crippen LogP contribution in [0.3, 0.4) is 0 Å². The molecule has 4 nitrogen and oxygen atoms in total. The summed E-state index contributed by atoms with van der Waals surface area (Å²) in [5, 5.41) is 3.32. The van der Waals surface area contributed by atoms with Crippen LogP contribution in [0.1, 0.15) is 51.6 Å². The van der Waals surface area contributed by atoms with Gasteiger partial charge in [0.2, 0.25) is 0 Å². The van der Waals surface area contributed by atoms with E-state index in [0.717, 1.165) is 56.2 Å². The molecule has 0 amide bonds. The summed E-state index contributed by atoms with van der Waals surface area (Å²) < 4.78 is 5.51. The molecule has 0 fully saturated rings. The van der Waals surface area contributed by atoms with Crippen molar-refractivity contribution in [3.8, 4) is 0 Å². The first-order chi connectivity index (χ1) is 8.80. The minimum atomic E-state index is 0.506. The molecule has 1 heterocycles. The molecule has 0 aromatic carbocycles. The number of nitrogens with zero attached hydrogens (tertiary/aromatic N) is 2. The predicted octanol–water partition coefficient (Wildman–Crippen LogP) is 3.18. The highest BCUT2D eigenvalue weighted by Gasteiger charge is 2.04. The van der Waals surface area contributed by atoms with E-state index in [4.69, 9.17) is 4.74 Å². The summed E-state index contributed by atoms with van der Waals surface area (Å²) in [7, 11) is 0. The lowest BCUT2D eigenvalue weighted by molar-refractivity contribution is 0.116. The maximum atomic E-state index is 5.51. The van der Waals surface area contributed by atoms with Gasteiger partial charge in [-0.3, -0.25) is 0 Å². The number of hydrogen-bond donors (Lipinski definition) is 1. The van der Waals surface area contributed by atoms with E-state index in [1.807, 2.05) is 6.07 Å². The van der Waals surface area contributed by atoms with Gasteiger partial charge >= 0.3 is 0 Å². The zero-order valence-electron chi connectivity index (χ0n) is 11.8. The van der Waals surface area contributed by atoms with Crippen molar-refractivity contribution in [2.45, 2.75) is 53.1 Å². The first-order valence-electron chi connectivity index (χ1n) is 6.98. The van der Waals surface area contributed by atoms with E-state index in [-0.39, 0.29) is 0 Å². The van der Waals surface area contributed by atoms with Crippen LogP contribution in [-0.4, -0.2) is 23.1 Å². The molecule has 1 N–H and O–H groups in total. The fourth-order valence-corrected chi connectivity index (χ4v) is 1.65. The maximum absolute atomic E-state index is 5.51. The summed E-state index contributed by atoms with van der Waals surface area (Å²) in [6.07, 6.45) is 4.20. The summed E-state index contributed by atoms with van der Waals surface area (Å²) in [4.78, 5) is 9.00. The van der Waals surface area contributed by atoms with Gasteiger partial charge in [-0.2, -0.15) is 0 Å². The van der Waals surface area contributed by atoms with Crippen molar-refractivity contribution in [3.05, 3.63) is 17.6 Å². The average molecular weight is 251 g/mol. The largest absolute Gasteiger partial charge is 0.373 e. The van der Waals surface area contributed by atoms with Gasteiger partial charge in [-0.1, -0.05) is 27.2 Å². The number of anilines is 1. The molecule has 0 atom stereocenters. The number of hydrogen-bond acceptors (Lipinski definition) is 4. The number of nitrogens with one attached hydrogen (secondary N) is 1. The molecular weight excluding hydrogens is 226 g/mol. The second-order valence-electron chi connectivity index (χ2n) is 4.39. The topological polar surface area (TPSA) is 47.0 Å². The molecule has 0 aliphatic heterocycles. The quantitative estimate of drug-likeness (QED) is 0.685. The van der Waals surface area contributed by atoms with Crippen LogP contribution in [0, 0.1) is 0 Å². The fraction of sp³-hybridized carbons (Fsp3) is 0.714. The molecule has 0 saturated carbocycles. The Morgan fingerprint density at radius 3 is 2.61 bits per heavy atom. The highest BCUT2D eigenvalue weighted by atomic mass is 16.5. The third kappa shape index (κ3) is 5.45. The Morgan fingerprint density at radius 2 is 1.94 bits per heavy atom. The van der Waals surface area contributed by atoms with Gasteiger partial charge in [0, 0.05) is 24.9 Å². The predicted molar refractivity (Wildman–Crippen MR) is 74.8 cm³/mol. The van der Waals surface area contributed by atoms with Gasteiger partial charge < -0.3 is 10.1 Å². The van der Waals surface area contributed by atoms with Crippen LogP contribution in [0.15, 0.2) is 6.07 Å². The van der Waals surface area contributed by atoms with E-state index in [9.17, 15) is 0 Å². The second kappa shape index (κ2) is 8.86. The third-order valence-electron chi connectivity index (χ3n) is 2.47. The Kier molecular flexibility index (Phi) is 7.34. The van der Waals surface area contributed by atoms with Gasteiger partial charge in [0.05, 0.1) is 0 Å². The van der Waals surface area contributed by atoms with Gasteiger partial charge in [-0.25, -0.2) is 9.97 Å². The van der Waals surface area contributed by atoms with Crippen LogP contribution >= 0.6 is 0 Å². The summed E-state index contributed by atoms with van der Waals surface area (Å²) in [6.45, 7) is 8.62. The molecular formula is C14H25N3O. The van der Waals surface area contributed by atoms with Crippen molar-refractivity contribution < 1.29 is 4.74 Å². The Labute approximate surface area is 110 Å². The van der Waals surface area contributed by atoms with Crippen LogP contribution in [0.25, 0.3) is 0 Å². The van der Waals surface area contributed by atoms with Crippen molar-refractivity contribution >= 4 is 5.82 Å². The number of aromatic nitrogens is 2. The van der Waals surface area contributed by atoms with E-state index in [1.54, 1.807) is 0 Å². The number of aryl methyl sites for hydroxylation is 1. The molecule has 0 unspecified atom stereocenters. The summed E-state index contributed by atoms with van der Waals surface area (Å²) in [6, 6.07) is 2.04. The molecule has 1 aromatic rings. The highest BCUT2D eigenvalue weighted by Crippen LogP contribution is 2.10. The molecule has 0 bridgehead atoms. The normalized spacial score (nSPS) is 10.6. The van der Waals surface area contributed by atoms with Crippen LogP contribution in [-0.2, 0) is 17.8 Å². The van der Waals surface area contributed by atoms with Gasteiger partial charge in [-0.05, 0) is 19.3 Å². The standard InChI is InChI=1S/C14H25N3O/c1-4-7-12-10-13(15-8-5-2)17-14(16-12)11-18-9-6-3/h10H,4-9,11H2,1-3H3,(H,15,16,17). The molecule has 102 valence electrons. The summed E-state index contributed by atoms with van der Waals surface area (Å²) in [5.41, 5.74) is 1.10. The van der Waals surface area contributed by atoms with Gasteiger partial charge in [0.1, 0.15) is 12.4 Å².